The molecule has 2 heterocycles. The van der Waals surface area contributed by atoms with E-state index >= 15 is 0 Å². The highest BCUT2D eigenvalue weighted by molar-refractivity contribution is 5.77. The second-order valence-corrected chi connectivity index (χ2v) is 5.71. The minimum atomic E-state index is 0.0777. The molecule has 0 amide bonds. The number of imidazole rings is 1. The minimum absolute atomic E-state index is 0.0777. The summed E-state index contributed by atoms with van der Waals surface area (Å²) in [6, 6.07) is 6.57. The Balaban J connectivity index is 2.10. The Labute approximate surface area is 113 Å². The van der Waals surface area contributed by atoms with Gasteiger partial charge in [-0.25, -0.2) is 4.98 Å². The fourth-order valence-corrected chi connectivity index (χ4v) is 2.91. The number of benzene rings is 1. The maximum Gasteiger partial charge on any atom is 0.106 e. The van der Waals surface area contributed by atoms with Crippen LogP contribution in [0.3, 0.4) is 0 Å². The highest BCUT2D eigenvalue weighted by atomic mass is 16.5. The van der Waals surface area contributed by atoms with Gasteiger partial charge in [0.05, 0.1) is 24.2 Å². The van der Waals surface area contributed by atoms with Crippen LogP contribution in [0, 0.1) is 12.8 Å². The molecule has 0 spiro atoms. The van der Waals surface area contributed by atoms with E-state index < -0.39 is 0 Å². The lowest BCUT2D eigenvalue weighted by Crippen LogP contribution is -2.53. The molecule has 1 atom stereocenters. The van der Waals surface area contributed by atoms with Gasteiger partial charge in [0.2, 0.25) is 0 Å². The van der Waals surface area contributed by atoms with Gasteiger partial charge in [-0.2, -0.15) is 0 Å². The molecule has 2 N–H and O–H groups in total. The van der Waals surface area contributed by atoms with Crippen molar-refractivity contribution in [3.8, 4) is 0 Å². The Hall–Kier alpha value is -1.39. The van der Waals surface area contributed by atoms with E-state index in [1.54, 1.807) is 0 Å². The van der Waals surface area contributed by atoms with Gasteiger partial charge in [-0.3, -0.25) is 0 Å². The quantitative estimate of drug-likeness (QED) is 0.913. The number of ether oxygens (including phenoxy) is 1. The maximum atomic E-state index is 5.87. The van der Waals surface area contributed by atoms with E-state index in [4.69, 9.17) is 10.5 Å². The third-order valence-corrected chi connectivity index (χ3v) is 4.70. The first kappa shape index (κ1) is 12.6. The molecule has 1 aromatic heterocycles. The Morgan fingerprint density at radius 3 is 2.79 bits per heavy atom. The lowest BCUT2D eigenvalue weighted by molar-refractivity contribution is -0.0853. The molecule has 1 aliphatic rings. The Morgan fingerprint density at radius 1 is 1.47 bits per heavy atom. The summed E-state index contributed by atoms with van der Waals surface area (Å²) in [5.41, 5.74) is 9.50. The molecular weight excluding hydrogens is 238 g/mol. The van der Waals surface area contributed by atoms with Crippen LogP contribution >= 0.6 is 0 Å². The van der Waals surface area contributed by atoms with Crippen LogP contribution in [-0.4, -0.2) is 29.3 Å². The smallest absolute Gasteiger partial charge is 0.106 e. The third kappa shape index (κ3) is 1.70. The van der Waals surface area contributed by atoms with Crippen LogP contribution < -0.4 is 5.73 Å². The highest BCUT2D eigenvalue weighted by Crippen LogP contribution is 2.40. The maximum absolute atomic E-state index is 5.87. The fraction of sp³-hybridized carbons (Fsp3) is 0.533. The molecule has 2 aromatic rings. The molecule has 19 heavy (non-hydrogen) atoms. The van der Waals surface area contributed by atoms with E-state index in [1.165, 1.54) is 11.1 Å². The van der Waals surface area contributed by atoms with E-state index in [0.29, 0.717) is 12.5 Å². The molecule has 0 saturated carbocycles. The first-order chi connectivity index (χ1) is 9.08. The molecule has 1 aliphatic heterocycles. The predicted molar refractivity (Wildman–Crippen MR) is 76.2 cm³/mol. The van der Waals surface area contributed by atoms with Gasteiger partial charge in [-0.15, -0.1) is 0 Å². The Bertz CT molecular complexity index is 613. The summed E-state index contributed by atoms with van der Waals surface area (Å²) in [7, 11) is 2.05. The van der Waals surface area contributed by atoms with Crippen molar-refractivity contribution >= 4 is 11.0 Å². The molecule has 1 fully saturated rings. The molecule has 1 saturated heterocycles. The van der Waals surface area contributed by atoms with Gasteiger partial charge in [0.25, 0.3) is 0 Å². The zero-order chi connectivity index (χ0) is 13.6. The van der Waals surface area contributed by atoms with Crippen LogP contribution in [0.4, 0.5) is 0 Å². The van der Waals surface area contributed by atoms with Crippen LogP contribution in [0.5, 0.6) is 0 Å². The third-order valence-electron chi connectivity index (χ3n) is 4.70. The first-order valence-corrected chi connectivity index (χ1v) is 6.80. The summed E-state index contributed by atoms with van der Waals surface area (Å²) in [6.45, 7) is 6.45. The van der Waals surface area contributed by atoms with Crippen molar-refractivity contribution in [2.24, 2.45) is 18.7 Å². The topological polar surface area (TPSA) is 53.1 Å². The standard InChI is InChI=1S/C15H21N3O/c1-10(7-16)15(8-19-9-15)12-4-5-14-13(6-12)17-11(2)18(14)3/h4-6,10H,7-9,16H2,1-3H3. The van der Waals surface area contributed by atoms with Crippen molar-refractivity contribution in [3.05, 3.63) is 29.6 Å². The fourth-order valence-electron chi connectivity index (χ4n) is 2.91. The molecule has 0 radical (unpaired) electrons. The van der Waals surface area contributed by atoms with Gasteiger partial charge in [0.1, 0.15) is 5.82 Å². The molecule has 0 aliphatic carbocycles. The van der Waals surface area contributed by atoms with Crippen LogP contribution in [0.15, 0.2) is 18.2 Å². The summed E-state index contributed by atoms with van der Waals surface area (Å²) in [5, 5.41) is 0. The van der Waals surface area contributed by atoms with Gasteiger partial charge in [-0.1, -0.05) is 13.0 Å². The summed E-state index contributed by atoms with van der Waals surface area (Å²) in [5.74, 6) is 1.46. The zero-order valence-electron chi connectivity index (χ0n) is 11.8. The lowest BCUT2D eigenvalue weighted by Gasteiger charge is -2.46. The highest BCUT2D eigenvalue weighted by Gasteiger charge is 2.44. The van der Waals surface area contributed by atoms with Crippen molar-refractivity contribution in [1.82, 2.24) is 9.55 Å². The van der Waals surface area contributed by atoms with Gasteiger partial charge in [0.15, 0.2) is 0 Å². The van der Waals surface area contributed by atoms with E-state index in [1.807, 2.05) is 6.92 Å². The van der Waals surface area contributed by atoms with Crippen molar-refractivity contribution in [2.75, 3.05) is 19.8 Å². The molecule has 3 rings (SSSR count). The molecule has 1 aromatic carbocycles. The monoisotopic (exact) mass is 259 g/mol. The van der Waals surface area contributed by atoms with Gasteiger partial charge >= 0.3 is 0 Å². The van der Waals surface area contributed by atoms with Crippen LogP contribution in [0.25, 0.3) is 11.0 Å². The van der Waals surface area contributed by atoms with E-state index in [9.17, 15) is 0 Å². The van der Waals surface area contributed by atoms with E-state index in [-0.39, 0.29) is 5.41 Å². The Morgan fingerprint density at radius 2 is 2.21 bits per heavy atom. The molecular formula is C15H21N3O. The molecule has 4 heteroatoms. The number of nitrogens with two attached hydrogens (primary N) is 1. The number of aryl methyl sites for hydroxylation is 2. The average molecular weight is 259 g/mol. The van der Waals surface area contributed by atoms with E-state index in [0.717, 1.165) is 24.6 Å². The van der Waals surface area contributed by atoms with Gasteiger partial charge in [-0.05, 0) is 37.1 Å². The number of nitrogens with zero attached hydrogens (tertiary/aromatic N) is 2. The molecule has 0 bridgehead atoms. The van der Waals surface area contributed by atoms with Gasteiger partial charge < -0.3 is 15.0 Å². The second kappa shape index (κ2) is 4.32. The van der Waals surface area contributed by atoms with Gasteiger partial charge in [0, 0.05) is 12.5 Å². The summed E-state index contributed by atoms with van der Waals surface area (Å²) in [4.78, 5) is 4.62. The normalized spacial score (nSPS) is 19.4. The Kier molecular flexibility index (Phi) is 2.87. The largest absolute Gasteiger partial charge is 0.379 e. The summed E-state index contributed by atoms with van der Waals surface area (Å²) < 4.78 is 7.60. The van der Waals surface area contributed by atoms with E-state index in [2.05, 4.69) is 41.7 Å². The first-order valence-electron chi connectivity index (χ1n) is 6.80. The molecule has 4 nitrogen and oxygen atoms in total. The number of rotatable bonds is 3. The summed E-state index contributed by atoms with van der Waals surface area (Å²) >= 11 is 0. The van der Waals surface area contributed by atoms with Crippen molar-refractivity contribution in [1.29, 1.82) is 0 Å². The number of hydrogen-bond donors (Lipinski definition) is 1. The zero-order valence-corrected chi connectivity index (χ0v) is 11.8. The van der Waals surface area contributed by atoms with Crippen molar-refractivity contribution in [3.63, 3.8) is 0 Å². The van der Waals surface area contributed by atoms with Crippen LogP contribution in [0.1, 0.15) is 18.3 Å². The SMILES string of the molecule is Cc1nc2cc(C3(C(C)CN)COC3)ccc2n1C. The summed E-state index contributed by atoms with van der Waals surface area (Å²) in [6.07, 6.45) is 0. The molecule has 102 valence electrons. The number of fused-ring (bicyclic) bond motifs is 1. The van der Waals surface area contributed by atoms with Crippen LogP contribution in [0.2, 0.25) is 0 Å². The minimum Gasteiger partial charge on any atom is -0.379 e. The lowest BCUT2D eigenvalue weighted by atomic mass is 9.69. The van der Waals surface area contributed by atoms with Crippen molar-refractivity contribution in [2.45, 2.75) is 19.3 Å². The number of aromatic nitrogens is 2. The molecule has 1 unspecified atom stereocenters. The van der Waals surface area contributed by atoms with Crippen LogP contribution in [-0.2, 0) is 17.2 Å². The van der Waals surface area contributed by atoms with Crippen molar-refractivity contribution < 1.29 is 4.74 Å². The average Bonchev–Trinajstić information content (AvgIpc) is 2.63. The predicted octanol–water partition coefficient (Wildman–Crippen LogP) is 1.74. The second-order valence-electron chi connectivity index (χ2n) is 5.71. The number of hydrogen-bond acceptors (Lipinski definition) is 3.